The van der Waals surface area contributed by atoms with Crippen LogP contribution in [0.2, 0.25) is 0 Å². The molecule has 0 saturated heterocycles. The summed E-state index contributed by atoms with van der Waals surface area (Å²) in [5.41, 5.74) is 4.06. The van der Waals surface area contributed by atoms with E-state index in [0.29, 0.717) is 11.3 Å². The van der Waals surface area contributed by atoms with Gasteiger partial charge >= 0.3 is 5.97 Å². The molecule has 4 heteroatoms. The zero-order valence-corrected chi connectivity index (χ0v) is 8.83. The molecule has 2 bridgehead atoms. The van der Waals surface area contributed by atoms with Crippen LogP contribution in [-0.2, 0) is 4.74 Å². The largest absolute Gasteiger partial charge is 0.465 e. The van der Waals surface area contributed by atoms with Gasteiger partial charge in [-0.05, 0) is 30.2 Å². The fraction of sp³-hybridized carbons (Fsp3) is 0.167. The highest BCUT2D eigenvalue weighted by Crippen LogP contribution is 2.45. The van der Waals surface area contributed by atoms with Crippen LogP contribution in [0.15, 0.2) is 16.8 Å². The Bertz CT molecular complexity index is 598. The van der Waals surface area contributed by atoms with Gasteiger partial charge in [0.2, 0.25) is 0 Å². The van der Waals surface area contributed by atoms with Crippen LogP contribution in [0.5, 0.6) is 0 Å². The molecule has 16 heavy (non-hydrogen) atoms. The average molecular weight is 214 g/mol. The van der Waals surface area contributed by atoms with Crippen molar-refractivity contribution in [1.29, 1.82) is 0 Å². The van der Waals surface area contributed by atoms with E-state index in [0.717, 1.165) is 22.3 Å². The van der Waals surface area contributed by atoms with E-state index in [2.05, 4.69) is 11.2 Å². The Morgan fingerprint density at radius 3 is 3.12 bits per heavy atom. The number of benzene rings is 1. The maximum atomic E-state index is 11.6. The maximum Gasteiger partial charge on any atom is 0.338 e. The third-order valence-corrected chi connectivity index (χ3v) is 2.85. The normalized spacial score (nSPS) is 11.4. The van der Waals surface area contributed by atoms with E-state index in [1.165, 1.54) is 7.11 Å². The van der Waals surface area contributed by atoms with E-state index in [4.69, 9.17) is 9.26 Å². The quantitative estimate of drug-likeness (QED) is 0.583. The van der Waals surface area contributed by atoms with Crippen molar-refractivity contribution in [3.63, 3.8) is 0 Å². The van der Waals surface area contributed by atoms with Crippen molar-refractivity contribution in [3.05, 3.63) is 29.5 Å². The highest BCUT2D eigenvalue weighted by atomic mass is 16.5. The second kappa shape index (κ2) is 2.95. The summed E-state index contributed by atoms with van der Waals surface area (Å²) in [5, 5.41) is 3.73. The van der Waals surface area contributed by atoms with E-state index in [1.807, 2.05) is 6.92 Å². The lowest BCUT2D eigenvalue weighted by Gasteiger charge is -2.04. The molecule has 4 nitrogen and oxygen atoms in total. The number of nitrogens with zero attached hydrogens (tertiary/aromatic N) is 1. The van der Waals surface area contributed by atoms with E-state index in [-0.39, 0.29) is 5.97 Å². The summed E-state index contributed by atoms with van der Waals surface area (Å²) < 4.78 is 9.90. The molecule has 0 spiro atoms. The summed E-state index contributed by atoms with van der Waals surface area (Å²) in [6.07, 6.45) is 1.64. The van der Waals surface area contributed by atoms with Crippen molar-refractivity contribution in [1.82, 2.24) is 5.16 Å². The summed E-state index contributed by atoms with van der Waals surface area (Å²) in [4.78, 5) is 11.6. The number of ether oxygens (including phenoxy) is 1. The first-order valence-electron chi connectivity index (χ1n) is 4.83. The number of rotatable bonds is 1. The van der Waals surface area contributed by atoms with Crippen LogP contribution in [0.1, 0.15) is 15.9 Å². The monoisotopic (exact) mass is 214 g/mol. The minimum absolute atomic E-state index is 0.384. The molecule has 0 aliphatic heterocycles. The zero-order chi connectivity index (χ0) is 11.3. The molecule has 0 amide bonds. The number of esters is 1. The first-order valence-corrected chi connectivity index (χ1v) is 4.83. The lowest BCUT2D eigenvalue weighted by Crippen LogP contribution is -2.03. The smallest absolute Gasteiger partial charge is 0.338 e. The number of methoxy groups -OCH3 is 1. The van der Waals surface area contributed by atoms with E-state index in [9.17, 15) is 4.79 Å². The van der Waals surface area contributed by atoms with E-state index < -0.39 is 0 Å². The van der Waals surface area contributed by atoms with Gasteiger partial charge in [0.1, 0.15) is 0 Å². The lowest BCUT2D eigenvalue weighted by molar-refractivity contribution is 0.0601. The van der Waals surface area contributed by atoms with Crippen LogP contribution in [0, 0.1) is 13.0 Å². The Morgan fingerprint density at radius 2 is 2.38 bits per heavy atom. The van der Waals surface area contributed by atoms with Crippen LogP contribution in [0.4, 0.5) is 0 Å². The van der Waals surface area contributed by atoms with Gasteiger partial charge in [-0.2, -0.15) is 0 Å². The van der Waals surface area contributed by atoms with Crippen molar-refractivity contribution in [2.24, 2.45) is 0 Å². The molecule has 1 aliphatic carbocycles. The molecular weight excluding hydrogens is 206 g/mol. The molecule has 3 rings (SSSR count). The molecule has 79 valence electrons. The van der Waals surface area contributed by atoms with Gasteiger partial charge < -0.3 is 9.26 Å². The van der Waals surface area contributed by atoms with Crippen molar-refractivity contribution in [2.75, 3.05) is 7.11 Å². The topological polar surface area (TPSA) is 52.3 Å². The van der Waals surface area contributed by atoms with E-state index >= 15 is 0 Å². The predicted octanol–water partition coefficient (Wildman–Crippen LogP) is 2.22. The van der Waals surface area contributed by atoms with Crippen LogP contribution in [0.3, 0.4) is 0 Å². The number of fused-ring (bicyclic) bond motifs is 5. The minimum Gasteiger partial charge on any atom is -0.465 e. The molecule has 1 aromatic carbocycles. The Balaban J connectivity index is 2.33. The molecule has 0 unspecified atom stereocenters. The Hall–Kier alpha value is -2.10. The molecule has 1 radical (unpaired) electrons. The third-order valence-electron chi connectivity index (χ3n) is 2.85. The summed E-state index contributed by atoms with van der Waals surface area (Å²) in [6.45, 7) is 1.93. The summed E-state index contributed by atoms with van der Waals surface area (Å²) in [5.74, 6) is 0.249. The maximum absolute atomic E-state index is 11.6. The second-order valence-electron chi connectivity index (χ2n) is 3.64. The van der Waals surface area contributed by atoms with Gasteiger partial charge in [-0.25, -0.2) is 4.79 Å². The van der Waals surface area contributed by atoms with Gasteiger partial charge in [0, 0.05) is 5.56 Å². The molecule has 0 atom stereocenters. The Kier molecular flexibility index (Phi) is 1.68. The number of carbonyl (C=O) groups excluding carboxylic acids is 1. The number of hydrogen-bond donors (Lipinski definition) is 0. The first kappa shape index (κ1) is 9.15. The van der Waals surface area contributed by atoms with Crippen molar-refractivity contribution in [2.45, 2.75) is 6.92 Å². The van der Waals surface area contributed by atoms with Crippen LogP contribution in [0.25, 0.3) is 22.5 Å². The van der Waals surface area contributed by atoms with Gasteiger partial charge in [0.05, 0.1) is 24.4 Å². The Labute approximate surface area is 91.8 Å². The lowest BCUT2D eigenvalue weighted by atomic mass is 10.0. The fourth-order valence-corrected chi connectivity index (χ4v) is 2.09. The highest BCUT2D eigenvalue weighted by Gasteiger charge is 2.30. The highest BCUT2D eigenvalue weighted by molar-refractivity contribution is 6.04. The van der Waals surface area contributed by atoms with Crippen LogP contribution < -0.4 is 0 Å². The second-order valence-corrected chi connectivity index (χ2v) is 3.64. The molecule has 0 N–H and O–H groups in total. The van der Waals surface area contributed by atoms with Crippen LogP contribution >= 0.6 is 0 Å². The Morgan fingerprint density at radius 1 is 1.56 bits per heavy atom. The molecule has 1 aromatic heterocycles. The summed E-state index contributed by atoms with van der Waals surface area (Å²) >= 11 is 0. The number of hydrogen-bond acceptors (Lipinski definition) is 4. The van der Waals surface area contributed by atoms with Crippen LogP contribution in [-0.4, -0.2) is 18.2 Å². The first-order chi connectivity index (χ1) is 7.74. The molecule has 1 aliphatic rings. The van der Waals surface area contributed by atoms with Gasteiger partial charge in [0.25, 0.3) is 0 Å². The SMILES string of the molecule is COC(=O)c1c[c]c2c(C)c1-c1oncc1-2. The molecule has 0 fully saturated rings. The molecule has 0 saturated carbocycles. The van der Waals surface area contributed by atoms with Crippen molar-refractivity contribution < 1.29 is 14.1 Å². The number of aromatic nitrogens is 1. The third kappa shape index (κ3) is 0.934. The standard InChI is InChI=1S/C12H8NO3/c1-6-7-3-4-8(12(14)15-2)10(6)11-9(7)5-13-16-11/h4-5H,1-2H3. The minimum atomic E-state index is -0.384. The zero-order valence-electron chi connectivity index (χ0n) is 8.83. The number of carbonyl (C=O) groups is 1. The van der Waals surface area contributed by atoms with Crippen molar-refractivity contribution in [3.8, 4) is 22.5 Å². The summed E-state index contributed by atoms with van der Waals surface area (Å²) in [7, 11) is 1.36. The van der Waals surface area contributed by atoms with Crippen molar-refractivity contribution >= 4 is 5.97 Å². The fourth-order valence-electron chi connectivity index (χ4n) is 2.09. The van der Waals surface area contributed by atoms with Gasteiger partial charge in [-0.1, -0.05) is 5.16 Å². The molecule has 2 aromatic rings. The van der Waals surface area contributed by atoms with Gasteiger partial charge in [-0.3, -0.25) is 0 Å². The molecular formula is C12H8NO3. The average Bonchev–Trinajstić information content (AvgIpc) is 2.80. The summed E-state index contributed by atoms with van der Waals surface area (Å²) in [6, 6.07) is 4.70. The predicted molar refractivity (Wildman–Crippen MR) is 55.8 cm³/mol. The van der Waals surface area contributed by atoms with Gasteiger partial charge in [0.15, 0.2) is 5.76 Å². The molecule has 1 heterocycles. The van der Waals surface area contributed by atoms with E-state index in [1.54, 1.807) is 12.3 Å². The van der Waals surface area contributed by atoms with Gasteiger partial charge in [-0.15, -0.1) is 0 Å².